The van der Waals surface area contributed by atoms with E-state index >= 15 is 0 Å². The van der Waals surface area contributed by atoms with Gasteiger partial charge < -0.3 is 10.0 Å². The summed E-state index contributed by atoms with van der Waals surface area (Å²) in [5, 5.41) is 9.58. The third-order valence-corrected chi connectivity index (χ3v) is 4.89. The Morgan fingerprint density at radius 3 is 2.06 bits per heavy atom. The first-order valence-corrected chi connectivity index (χ1v) is 9.56. The Morgan fingerprint density at radius 2 is 1.45 bits per heavy atom. The second-order valence-electron chi connectivity index (χ2n) is 7.30. The Balaban J connectivity index is 2.01. The fourth-order valence-electron chi connectivity index (χ4n) is 3.18. The van der Waals surface area contributed by atoms with Gasteiger partial charge in [0, 0.05) is 17.8 Å². The van der Waals surface area contributed by atoms with E-state index in [2.05, 4.69) is 0 Å². The van der Waals surface area contributed by atoms with Crippen LogP contribution in [0.5, 0.6) is 0 Å². The van der Waals surface area contributed by atoms with Crippen molar-refractivity contribution in [3.05, 3.63) is 89.5 Å². The van der Waals surface area contributed by atoms with Gasteiger partial charge >= 0.3 is 12.4 Å². The lowest BCUT2D eigenvalue weighted by molar-refractivity contribution is -0.200. The first kappa shape index (κ1) is 24.5. The van der Waals surface area contributed by atoms with Crippen molar-refractivity contribution in [2.45, 2.75) is 25.0 Å². The molecule has 0 radical (unpaired) electrons. The van der Waals surface area contributed by atoms with Crippen molar-refractivity contribution in [1.29, 1.82) is 0 Å². The molecule has 176 valence electrons. The van der Waals surface area contributed by atoms with Gasteiger partial charge in [-0.05, 0) is 53.6 Å². The molecule has 0 fully saturated rings. The molecule has 0 aliphatic carbocycles. The Kier molecular flexibility index (Phi) is 6.97. The van der Waals surface area contributed by atoms with Gasteiger partial charge in [0.1, 0.15) is 11.6 Å². The van der Waals surface area contributed by atoms with E-state index in [1.54, 1.807) is 6.07 Å². The van der Waals surface area contributed by atoms with E-state index in [0.717, 1.165) is 4.90 Å². The summed E-state index contributed by atoms with van der Waals surface area (Å²) >= 11 is 0. The van der Waals surface area contributed by atoms with Crippen molar-refractivity contribution in [2.24, 2.45) is 0 Å². The summed E-state index contributed by atoms with van der Waals surface area (Å²) in [6.07, 6.45) is -12.6. The summed E-state index contributed by atoms with van der Waals surface area (Å²) in [4.78, 5) is 0.934. The molecule has 0 aromatic heterocycles. The highest BCUT2D eigenvalue weighted by molar-refractivity contribution is 5.68. The van der Waals surface area contributed by atoms with Crippen LogP contribution in [-0.2, 0) is 12.7 Å². The Bertz CT molecular complexity index is 1090. The monoisotopic (exact) mass is 475 g/mol. The zero-order valence-corrected chi connectivity index (χ0v) is 16.8. The Hall–Kier alpha value is -3.14. The predicted molar refractivity (Wildman–Crippen MR) is 106 cm³/mol. The highest BCUT2D eigenvalue weighted by atomic mass is 19.4. The maximum absolute atomic E-state index is 14.3. The van der Waals surface area contributed by atoms with Gasteiger partial charge in [0.25, 0.3) is 0 Å². The molecule has 0 aliphatic heterocycles. The second kappa shape index (κ2) is 9.38. The standard InChI is InChI=1S/C23H17F8NO/c24-18-7-4-14(5-8-18)15-2-1-3-19(11-15)32(13-21(33)23(29,30)31)12-16-10-17(22(26,27)28)6-9-20(16)25/h1-11,21,33H,12-13H2/t21-/m1/s1. The van der Waals surface area contributed by atoms with Crippen LogP contribution in [0.1, 0.15) is 11.1 Å². The van der Waals surface area contributed by atoms with Gasteiger partial charge in [0.15, 0.2) is 6.10 Å². The second-order valence-corrected chi connectivity index (χ2v) is 7.30. The maximum atomic E-state index is 14.3. The molecule has 3 aromatic carbocycles. The molecular formula is C23H17F8NO. The van der Waals surface area contributed by atoms with Crippen LogP contribution in [0, 0.1) is 11.6 Å². The Morgan fingerprint density at radius 1 is 0.788 bits per heavy atom. The van der Waals surface area contributed by atoms with E-state index in [9.17, 15) is 40.2 Å². The third kappa shape index (κ3) is 6.22. The summed E-state index contributed by atoms with van der Waals surface area (Å²) < 4.78 is 106. The number of alkyl halides is 6. The van der Waals surface area contributed by atoms with Crippen LogP contribution in [0.2, 0.25) is 0 Å². The molecular weight excluding hydrogens is 458 g/mol. The third-order valence-electron chi connectivity index (χ3n) is 4.89. The summed E-state index contributed by atoms with van der Waals surface area (Å²) in [5.74, 6) is -1.53. The predicted octanol–water partition coefficient (Wildman–Crippen LogP) is 6.58. The molecule has 0 bridgehead atoms. The number of aliphatic hydroxyl groups is 1. The number of hydrogen-bond acceptors (Lipinski definition) is 2. The first-order chi connectivity index (χ1) is 15.3. The molecule has 0 saturated carbocycles. The van der Waals surface area contributed by atoms with Crippen molar-refractivity contribution in [1.82, 2.24) is 0 Å². The molecule has 3 aromatic rings. The highest BCUT2D eigenvalue weighted by Crippen LogP contribution is 2.32. The lowest BCUT2D eigenvalue weighted by Gasteiger charge is -2.29. The topological polar surface area (TPSA) is 23.5 Å². The molecule has 1 N–H and O–H groups in total. The van der Waals surface area contributed by atoms with E-state index in [-0.39, 0.29) is 5.69 Å². The normalized spacial score (nSPS) is 13.1. The summed E-state index contributed by atoms with van der Waals surface area (Å²) in [5.41, 5.74) is -0.554. The lowest BCUT2D eigenvalue weighted by atomic mass is 10.0. The van der Waals surface area contributed by atoms with Gasteiger partial charge in [-0.15, -0.1) is 0 Å². The van der Waals surface area contributed by atoms with E-state index in [4.69, 9.17) is 0 Å². The summed E-state index contributed by atoms with van der Waals surface area (Å²) in [6, 6.07) is 12.8. The molecule has 0 unspecified atom stereocenters. The average Bonchev–Trinajstić information content (AvgIpc) is 2.73. The van der Waals surface area contributed by atoms with Crippen molar-refractivity contribution < 1.29 is 40.2 Å². The minimum atomic E-state index is -5.00. The molecule has 1 atom stereocenters. The molecule has 0 aliphatic rings. The summed E-state index contributed by atoms with van der Waals surface area (Å²) in [6.45, 7) is -1.72. The fourth-order valence-corrected chi connectivity index (χ4v) is 3.18. The van der Waals surface area contributed by atoms with Crippen LogP contribution in [0.4, 0.5) is 40.8 Å². The van der Waals surface area contributed by atoms with Gasteiger partial charge in [0.05, 0.1) is 12.1 Å². The number of hydrogen-bond donors (Lipinski definition) is 1. The zero-order valence-electron chi connectivity index (χ0n) is 16.8. The van der Waals surface area contributed by atoms with E-state index in [1.807, 2.05) is 0 Å². The maximum Gasteiger partial charge on any atom is 0.416 e. The number of anilines is 1. The van der Waals surface area contributed by atoms with Crippen molar-refractivity contribution in [3.63, 3.8) is 0 Å². The highest BCUT2D eigenvalue weighted by Gasteiger charge is 2.39. The van der Waals surface area contributed by atoms with Gasteiger partial charge in [-0.3, -0.25) is 0 Å². The smallest absolute Gasteiger partial charge is 0.382 e. The van der Waals surface area contributed by atoms with Crippen molar-refractivity contribution in [3.8, 4) is 11.1 Å². The van der Waals surface area contributed by atoms with E-state index in [0.29, 0.717) is 29.3 Å². The SMILES string of the molecule is O[C@H](CN(Cc1cc(C(F)(F)F)ccc1F)c1cccc(-c2ccc(F)cc2)c1)C(F)(F)F. The van der Waals surface area contributed by atoms with Gasteiger partial charge in [-0.25, -0.2) is 8.78 Å². The molecule has 0 amide bonds. The molecule has 0 heterocycles. The zero-order chi connectivity index (χ0) is 24.4. The number of halogens is 8. The number of benzene rings is 3. The average molecular weight is 475 g/mol. The molecule has 0 saturated heterocycles. The van der Waals surface area contributed by atoms with Crippen LogP contribution >= 0.6 is 0 Å². The Labute approximate surface area is 183 Å². The minimum absolute atomic E-state index is 0.0944. The molecule has 10 heteroatoms. The van der Waals surface area contributed by atoms with Crippen molar-refractivity contribution >= 4 is 5.69 Å². The van der Waals surface area contributed by atoms with E-state index < -0.39 is 54.3 Å². The first-order valence-electron chi connectivity index (χ1n) is 9.56. The van der Waals surface area contributed by atoms with Crippen LogP contribution in [0.25, 0.3) is 11.1 Å². The van der Waals surface area contributed by atoms with Crippen LogP contribution < -0.4 is 4.90 Å². The molecule has 33 heavy (non-hydrogen) atoms. The number of rotatable bonds is 6. The van der Waals surface area contributed by atoms with E-state index in [1.165, 1.54) is 42.5 Å². The van der Waals surface area contributed by atoms with Crippen molar-refractivity contribution in [2.75, 3.05) is 11.4 Å². The largest absolute Gasteiger partial charge is 0.416 e. The van der Waals surface area contributed by atoms with Gasteiger partial charge in [-0.1, -0.05) is 24.3 Å². The number of aliphatic hydroxyl groups excluding tert-OH is 1. The fraction of sp³-hybridized carbons (Fsp3) is 0.217. The molecule has 2 nitrogen and oxygen atoms in total. The van der Waals surface area contributed by atoms with Crippen LogP contribution in [-0.4, -0.2) is 23.9 Å². The quantitative estimate of drug-likeness (QED) is 0.407. The number of nitrogens with zero attached hydrogens (tertiary/aromatic N) is 1. The van der Waals surface area contributed by atoms with Crippen LogP contribution in [0.3, 0.4) is 0 Å². The van der Waals surface area contributed by atoms with Gasteiger partial charge in [0.2, 0.25) is 0 Å². The molecule has 3 rings (SSSR count). The summed E-state index contributed by atoms with van der Waals surface area (Å²) in [7, 11) is 0. The minimum Gasteiger partial charge on any atom is -0.382 e. The van der Waals surface area contributed by atoms with Crippen LogP contribution in [0.15, 0.2) is 66.7 Å². The molecule has 0 spiro atoms. The van der Waals surface area contributed by atoms with Gasteiger partial charge in [-0.2, -0.15) is 26.3 Å². The lowest BCUT2D eigenvalue weighted by Crippen LogP contribution is -2.41.